The average molecular weight is 391 g/mol. The summed E-state index contributed by atoms with van der Waals surface area (Å²) in [6, 6.07) is 18.5. The Labute approximate surface area is 180 Å². The van der Waals surface area contributed by atoms with Crippen molar-refractivity contribution in [3.8, 4) is 11.1 Å². The van der Waals surface area contributed by atoms with Crippen molar-refractivity contribution in [1.82, 2.24) is 0 Å². The molecule has 0 radical (unpaired) electrons. The summed E-state index contributed by atoms with van der Waals surface area (Å²) >= 11 is 0. The second-order valence-corrected chi connectivity index (χ2v) is 9.71. The minimum absolute atomic E-state index is 0.661. The van der Waals surface area contributed by atoms with Crippen molar-refractivity contribution < 1.29 is 0 Å². The second-order valence-electron chi connectivity index (χ2n) is 9.71. The molecule has 0 amide bonds. The molecule has 2 saturated carbocycles. The predicted molar refractivity (Wildman–Crippen MR) is 126 cm³/mol. The third kappa shape index (κ3) is 3.14. The summed E-state index contributed by atoms with van der Waals surface area (Å²) in [7, 11) is 0. The molecule has 2 fully saturated rings. The van der Waals surface area contributed by atoms with E-state index in [4.69, 9.17) is 0 Å². The Hall–Kier alpha value is -2.60. The molecule has 0 spiro atoms. The van der Waals surface area contributed by atoms with E-state index in [-0.39, 0.29) is 0 Å². The van der Waals surface area contributed by atoms with Crippen molar-refractivity contribution in [3.63, 3.8) is 0 Å². The monoisotopic (exact) mass is 390 g/mol. The van der Waals surface area contributed by atoms with Crippen LogP contribution >= 0.6 is 0 Å². The van der Waals surface area contributed by atoms with Gasteiger partial charge in [-0.3, -0.25) is 0 Å². The fraction of sp³-hybridized carbons (Fsp3) is 0.333. The molecular weight excluding hydrogens is 360 g/mol. The first-order valence-corrected chi connectivity index (χ1v) is 11.7. The van der Waals surface area contributed by atoms with Crippen molar-refractivity contribution in [2.45, 2.75) is 37.5 Å². The third-order valence-electron chi connectivity index (χ3n) is 8.07. The molecule has 2 aromatic rings. The highest BCUT2D eigenvalue weighted by Crippen LogP contribution is 2.50. The molecular formula is C30H30. The summed E-state index contributed by atoms with van der Waals surface area (Å²) in [5.74, 6) is 4.21. The normalized spacial score (nSPS) is 33.6. The van der Waals surface area contributed by atoms with E-state index in [0.29, 0.717) is 11.8 Å². The van der Waals surface area contributed by atoms with Crippen LogP contribution in [-0.2, 0) is 0 Å². The van der Waals surface area contributed by atoms with Crippen LogP contribution in [0.3, 0.4) is 0 Å². The molecule has 0 nitrogen and oxygen atoms in total. The number of allylic oxidation sites excluding steroid dienone is 8. The fourth-order valence-electron chi connectivity index (χ4n) is 6.62. The zero-order valence-corrected chi connectivity index (χ0v) is 17.5. The van der Waals surface area contributed by atoms with E-state index in [0.717, 1.165) is 23.7 Å². The van der Waals surface area contributed by atoms with Crippen molar-refractivity contribution in [1.29, 1.82) is 0 Å². The molecule has 0 aliphatic heterocycles. The quantitative estimate of drug-likeness (QED) is 0.501. The molecule has 2 aromatic carbocycles. The first kappa shape index (κ1) is 18.2. The molecule has 4 unspecified atom stereocenters. The van der Waals surface area contributed by atoms with Crippen LogP contribution in [-0.4, -0.2) is 0 Å². The van der Waals surface area contributed by atoms with E-state index in [1.807, 2.05) is 0 Å². The standard InChI is InChI=1S/C30H30/c1-2-10-22-18-25(17-21(22)9-1)27-13-5-7-15-29(27)30-16-8-6-14-28(30)26-19-23-11-3-4-12-24(23)20-26/h1-16,21-26H,17-20H2/t21-,22?,23+,24?,25?,26?. The smallest absolute Gasteiger partial charge is 0.0144 e. The topological polar surface area (TPSA) is 0 Å². The molecule has 0 heterocycles. The van der Waals surface area contributed by atoms with Gasteiger partial charge in [-0.15, -0.1) is 0 Å². The average Bonchev–Trinajstić information content (AvgIpc) is 3.43. The Balaban J connectivity index is 1.36. The lowest BCUT2D eigenvalue weighted by atomic mass is 9.83. The molecule has 30 heavy (non-hydrogen) atoms. The third-order valence-corrected chi connectivity index (χ3v) is 8.07. The van der Waals surface area contributed by atoms with E-state index < -0.39 is 0 Å². The van der Waals surface area contributed by atoms with Crippen LogP contribution in [0.25, 0.3) is 11.1 Å². The summed E-state index contributed by atoms with van der Waals surface area (Å²) in [4.78, 5) is 0. The van der Waals surface area contributed by atoms with Crippen molar-refractivity contribution >= 4 is 0 Å². The van der Waals surface area contributed by atoms with Gasteiger partial charge < -0.3 is 0 Å². The minimum atomic E-state index is 0.661. The van der Waals surface area contributed by atoms with Gasteiger partial charge in [0, 0.05) is 0 Å². The molecule has 0 N–H and O–H groups in total. The van der Waals surface area contributed by atoms with Crippen molar-refractivity contribution in [3.05, 3.63) is 108 Å². The lowest BCUT2D eigenvalue weighted by Crippen LogP contribution is -2.03. The van der Waals surface area contributed by atoms with Gasteiger partial charge in [0.25, 0.3) is 0 Å². The van der Waals surface area contributed by atoms with Gasteiger partial charge in [0.2, 0.25) is 0 Å². The molecule has 4 aliphatic carbocycles. The van der Waals surface area contributed by atoms with Gasteiger partial charge in [-0.1, -0.05) is 97.1 Å². The van der Waals surface area contributed by atoms with Crippen LogP contribution < -0.4 is 0 Å². The fourth-order valence-corrected chi connectivity index (χ4v) is 6.62. The lowest BCUT2D eigenvalue weighted by molar-refractivity contribution is 0.552. The van der Waals surface area contributed by atoms with Gasteiger partial charge in [0.05, 0.1) is 0 Å². The number of hydrogen-bond acceptors (Lipinski definition) is 0. The molecule has 0 aromatic heterocycles. The van der Waals surface area contributed by atoms with Crippen LogP contribution in [0.2, 0.25) is 0 Å². The number of benzene rings is 2. The predicted octanol–water partition coefficient (Wildman–Crippen LogP) is 7.83. The highest BCUT2D eigenvalue weighted by atomic mass is 14.4. The highest BCUT2D eigenvalue weighted by Gasteiger charge is 2.36. The molecule has 6 rings (SSSR count). The van der Waals surface area contributed by atoms with Gasteiger partial charge in [0.1, 0.15) is 0 Å². The highest BCUT2D eigenvalue weighted by molar-refractivity contribution is 5.72. The number of fused-ring (bicyclic) bond motifs is 2. The minimum Gasteiger partial charge on any atom is -0.0808 e. The molecule has 0 saturated heterocycles. The van der Waals surface area contributed by atoms with E-state index in [9.17, 15) is 0 Å². The zero-order chi connectivity index (χ0) is 19.9. The summed E-state index contributed by atoms with van der Waals surface area (Å²) in [5, 5.41) is 0. The molecule has 150 valence electrons. The van der Waals surface area contributed by atoms with E-state index in [1.54, 1.807) is 11.1 Å². The maximum atomic E-state index is 2.43. The maximum absolute atomic E-state index is 2.43. The zero-order valence-electron chi connectivity index (χ0n) is 17.5. The first-order valence-electron chi connectivity index (χ1n) is 11.7. The lowest BCUT2D eigenvalue weighted by Gasteiger charge is -2.21. The van der Waals surface area contributed by atoms with Gasteiger partial charge >= 0.3 is 0 Å². The Kier molecular flexibility index (Phi) is 4.60. The van der Waals surface area contributed by atoms with E-state index >= 15 is 0 Å². The van der Waals surface area contributed by atoms with Crippen molar-refractivity contribution in [2.75, 3.05) is 0 Å². The van der Waals surface area contributed by atoms with Gasteiger partial charge in [-0.2, -0.15) is 0 Å². The molecule has 6 atom stereocenters. The molecule has 0 heteroatoms. The van der Waals surface area contributed by atoms with Crippen LogP contribution in [0.15, 0.2) is 97.1 Å². The van der Waals surface area contributed by atoms with Crippen LogP contribution in [0.1, 0.15) is 48.6 Å². The maximum Gasteiger partial charge on any atom is -0.0144 e. The number of hydrogen-bond donors (Lipinski definition) is 0. The van der Waals surface area contributed by atoms with E-state index in [1.165, 1.54) is 36.8 Å². The van der Waals surface area contributed by atoms with Crippen LogP contribution in [0, 0.1) is 23.7 Å². The van der Waals surface area contributed by atoms with Crippen LogP contribution in [0.5, 0.6) is 0 Å². The Morgan fingerprint density at radius 2 is 0.767 bits per heavy atom. The van der Waals surface area contributed by atoms with Gasteiger partial charge in [0.15, 0.2) is 0 Å². The van der Waals surface area contributed by atoms with Crippen molar-refractivity contribution in [2.24, 2.45) is 23.7 Å². The van der Waals surface area contributed by atoms with Gasteiger partial charge in [-0.05, 0) is 83.4 Å². The SMILES string of the molecule is C1=CC2CC(c3ccccc3-c3ccccc3C3CC4C=CC=C[C@H]4C3)C[C@H]2C=C1. The Morgan fingerprint density at radius 3 is 1.13 bits per heavy atom. The Bertz CT molecular complexity index is 924. The first-order chi connectivity index (χ1) is 14.9. The molecule has 0 bridgehead atoms. The molecule has 4 aliphatic rings. The summed E-state index contributed by atoms with van der Waals surface area (Å²) < 4.78 is 0. The summed E-state index contributed by atoms with van der Waals surface area (Å²) in [6.45, 7) is 0. The van der Waals surface area contributed by atoms with Gasteiger partial charge in [-0.25, -0.2) is 0 Å². The summed E-state index contributed by atoms with van der Waals surface area (Å²) in [5.41, 5.74) is 6.09. The van der Waals surface area contributed by atoms with E-state index in [2.05, 4.69) is 97.1 Å². The Morgan fingerprint density at radius 1 is 0.433 bits per heavy atom. The summed E-state index contributed by atoms with van der Waals surface area (Å²) in [6.07, 6.45) is 23.8. The number of rotatable bonds is 3. The van der Waals surface area contributed by atoms with Crippen LogP contribution in [0.4, 0.5) is 0 Å². The largest absolute Gasteiger partial charge is 0.0808 e. The second kappa shape index (κ2) is 7.58.